The Hall–Kier alpha value is -4.11. The fraction of sp³-hybridized carbons (Fsp3) is 0.500. The second kappa shape index (κ2) is 10.2. The van der Waals surface area contributed by atoms with E-state index in [0.717, 1.165) is 15.4 Å². The summed E-state index contributed by atoms with van der Waals surface area (Å²) in [6.45, 7) is 9.37. The molecule has 15 heteroatoms. The van der Waals surface area contributed by atoms with Gasteiger partial charge in [0.05, 0.1) is 33.8 Å². The summed E-state index contributed by atoms with van der Waals surface area (Å²) < 4.78 is 38.7. The predicted molar refractivity (Wildman–Crippen MR) is 161 cm³/mol. The number of aliphatic hydroxyl groups is 1. The highest BCUT2D eigenvalue weighted by Gasteiger charge is 2.63. The van der Waals surface area contributed by atoms with Crippen LogP contribution in [0.3, 0.4) is 0 Å². The fourth-order valence-electron chi connectivity index (χ4n) is 6.43. The van der Waals surface area contributed by atoms with Crippen LogP contribution in [-0.2, 0) is 4.74 Å². The van der Waals surface area contributed by atoms with Gasteiger partial charge in [-0.15, -0.1) is 11.3 Å². The Kier molecular flexibility index (Phi) is 6.71. The lowest BCUT2D eigenvalue weighted by Gasteiger charge is -2.62. The van der Waals surface area contributed by atoms with Gasteiger partial charge in [-0.1, -0.05) is 5.16 Å². The monoisotopic (exact) mass is 641 g/mol. The highest BCUT2D eigenvalue weighted by Crippen LogP contribution is 2.57. The number of amides is 2. The van der Waals surface area contributed by atoms with E-state index in [0.29, 0.717) is 54.7 Å². The van der Waals surface area contributed by atoms with Crippen LogP contribution in [0.5, 0.6) is 0 Å². The molecule has 0 atom stereocenters. The highest BCUT2D eigenvalue weighted by atomic mass is 32.1. The number of halogens is 2. The number of aromatic nitrogens is 4. The quantitative estimate of drug-likeness (QED) is 0.300. The molecule has 1 spiro atoms. The zero-order valence-corrected chi connectivity index (χ0v) is 26.0. The number of nitrogens with one attached hydrogen (secondary N) is 1. The second-order valence-electron chi connectivity index (χ2n) is 13.5. The Morgan fingerprint density at radius 2 is 1.96 bits per heavy atom. The molecule has 2 amide bonds. The van der Waals surface area contributed by atoms with Crippen LogP contribution >= 0.6 is 11.3 Å². The number of aryl methyl sites for hydroxylation is 1. The number of hydrogen-bond donors (Lipinski definition) is 2. The van der Waals surface area contributed by atoms with E-state index in [4.69, 9.17) is 9.26 Å². The molecular formula is C30H33F2N7O5S. The van der Waals surface area contributed by atoms with Crippen LogP contribution in [0, 0.1) is 12.3 Å². The zero-order chi connectivity index (χ0) is 31.9. The molecule has 45 heavy (non-hydrogen) atoms. The van der Waals surface area contributed by atoms with Gasteiger partial charge < -0.3 is 29.5 Å². The summed E-state index contributed by atoms with van der Waals surface area (Å²) >= 11 is 1.42. The molecule has 3 aliphatic rings. The molecule has 0 aromatic carbocycles. The second-order valence-corrected chi connectivity index (χ2v) is 14.7. The summed E-state index contributed by atoms with van der Waals surface area (Å²) in [5.74, 6) is 0.441. The Balaban J connectivity index is 0.996. The summed E-state index contributed by atoms with van der Waals surface area (Å²) in [7, 11) is 0. The van der Waals surface area contributed by atoms with E-state index in [1.165, 1.54) is 17.5 Å². The molecule has 7 rings (SSSR count). The maximum atomic E-state index is 13.4. The van der Waals surface area contributed by atoms with Crippen LogP contribution in [0.2, 0.25) is 0 Å². The number of anilines is 2. The van der Waals surface area contributed by atoms with Crippen LogP contribution < -0.4 is 10.2 Å². The smallest absolute Gasteiger partial charge is 0.410 e. The van der Waals surface area contributed by atoms with Gasteiger partial charge in [-0.25, -0.2) is 18.1 Å². The number of pyridine rings is 1. The van der Waals surface area contributed by atoms with Crippen molar-refractivity contribution in [1.82, 2.24) is 24.7 Å². The zero-order valence-electron chi connectivity index (χ0n) is 25.2. The Labute approximate surface area is 260 Å². The molecule has 4 aromatic rings. The Bertz CT molecular complexity index is 1790. The first-order valence-electron chi connectivity index (χ1n) is 14.7. The van der Waals surface area contributed by atoms with Crippen molar-refractivity contribution in [2.75, 3.05) is 36.4 Å². The number of carbonyl (C=O) groups excluding carboxylic acids is 2. The van der Waals surface area contributed by atoms with Gasteiger partial charge in [0.25, 0.3) is 12.3 Å². The first kappa shape index (κ1) is 29.6. The third-order valence-corrected chi connectivity index (χ3v) is 9.69. The molecule has 1 saturated carbocycles. The van der Waals surface area contributed by atoms with Crippen molar-refractivity contribution in [2.45, 2.75) is 64.1 Å². The normalized spacial score (nSPS) is 19.0. The Morgan fingerprint density at radius 1 is 1.22 bits per heavy atom. The van der Waals surface area contributed by atoms with Crippen LogP contribution in [-0.4, -0.2) is 85.6 Å². The van der Waals surface area contributed by atoms with Gasteiger partial charge in [0, 0.05) is 48.4 Å². The van der Waals surface area contributed by atoms with Gasteiger partial charge in [0.1, 0.15) is 11.2 Å². The topological polar surface area (TPSA) is 138 Å². The molecule has 12 nitrogen and oxygen atoms in total. The SMILES string of the molecule is Cc1sc(-c2noc(C3CN(C(=O)OC(C)(C)C)C3)n2)cc1NC(=O)c1cnn2ccc(N3CC4(C3)CC(O)(C(F)F)C4)cc12. The number of alkyl halides is 2. The van der Waals surface area contributed by atoms with Gasteiger partial charge in [-0.3, -0.25) is 4.79 Å². The van der Waals surface area contributed by atoms with Crippen molar-refractivity contribution >= 4 is 40.2 Å². The lowest BCUT2D eigenvalue weighted by Crippen LogP contribution is -2.70. The minimum atomic E-state index is -2.74. The third-order valence-electron chi connectivity index (χ3n) is 8.65. The molecular weight excluding hydrogens is 608 g/mol. The number of nitrogens with zero attached hydrogens (tertiary/aromatic N) is 6. The van der Waals surface area contributed by atoms with Gasteiger partial charge in [-0.2, -0.15) is 10.1 Å². The van der Waals surface area contributed by atoms with Crippen LogP contribution in [0.15, 0.2) is 35.1 Å². The van der Waals surface area contributed by atoms with Gasteiger partial charge in [-0.05, 0) is 58.7 Å². The molecule has 0 unspecified atom stereocenters. The molecule has 238 valence electrons. The number of carbonyl (C=O) groups is 2. The molecule has 6 heterocycles. The predicted octanol–water partition coefficient (Wildman–Crippen LogP) is 4.94. The van der Waals surface area contributed by atoms with Crippen molar-refractivity contribution in [3.8, 4) is 10.7 Å². The third kappa shape index (κ3) is 5.31. The van der Waals surface area contributed by atoms with Gasteiger partial charge >= 0.3 is 6.09 Å². The summed E-state index contributed by atoms with van der Waals surface area (Å²) in [6, 6.07) is 5.54. The van der Waals surface area contributed by atoms with E-state index in [2.05, 4.69) is 25.5 Å². The maximum Gasteiger partial charge on any atom is 0.410 e. The number of fused-ring (bicyclic) bond motifs is 1. The van der Waals surface area contributed by atoms with E-state index >= 15 is 0 Å². The standard InChI is InChI=1S/C30H33F2N7O5S/c1-16-20(8-22(45-16)23-35-25(44-36-23)17-10-37(11-17)27(41)43-28(2,3)4)34-24(40)19-9-33-39-6-5-18(7-21(19)39)38-14-29(15-38)12-30(42,13-29)26(31)32/h5-9,17,26,42H,10-15H2,1-4H3,(H,34,40). The van der Waals surface area contributed by atoms with Crippen molar-refractivity contribution in [3.63, 3.8) is 0 Å². The maximum absolute atomic E-state index is 13.4. The van der Waals surface area contributed by atoms with E-state index < -0.39 is 17.6 Å². The summed E-state index contributed by atoms with van der Waals surface area (Å²) in [4.78, 5) is 35.4. The lowest BCUT2D eigenvalue weighted by atomic mass is 9.55. The minimum absolute atomic E-state index is 0.0732. The largest absolute Gasteiger partial charge is 0.444 e. The molecule has 4 aromatic heterocycles. The summed E-state index contributed by atoms with van der Waals surface area (Å²) in [5, 5.41) is 21.4. The molecule has 3 fully saturated rings. The van der Waals surface area contributed by atoms with Crippen LogP contribution in [0.25, 0.3) is 16.2 Å². The van der Waals surface area contributed by atoms with Crippen molar-refractivity contribution in [1.29, 1.82) is 0 Å². The van der Waals surface area contributed by atoms with E-state index in [9.17, 15) is 23.5 Å². The number of likely N-dealkylation sites (tertiary alicyclic amines) is 1. The average Bonchev–Trinajstić information content (AvgIpc) is 3.62. The number of ether oxygens (including phenoxy) is 1. The first-order chi connectivity index (χ1) is 21.2. The van der Waals surface area contributed by atoms with Crippen LogP contribution in [0.4, 0.5) is 25.0 Å². The van der Waals surface area contributed by atoms with Gasteiger partial charge in [0.2, 0.25) is 11.7 Å². The average molecular weight is 642 g/mol. The van der Waals surface area contributed by atoms with Crippen molar-refractivity contribution < 1.29 is 32.7 Å². The number of rotatable bonds is 6. The van der Waals surface area contributed by atoms with Gasteiger partial charge in [0.15, 0.2) is 0 Å². The van der Waals surface area contributed by atoms with E-state index in [1.54, 1.807) is 21.7 Å². The number of hydrogen-bond acceptors (Lipinski definition) is 10. The van der Waals surface area contributed by atoms with Crippen molar-refractivity contribution in [2.24, 2.45) is 5.41 Å². The summed E-state index contributed by atoms with van der Waals surface area (Å²) in [5.41, 5.74) is -0.259. The number of thiophene rings is 1. The molecule has 0 bridgehead atoms. The fourth-order valence-corrected chi connectivity index (χ4v) is 7.33. The van der Waals surface area contributed by atoms with E-state index in [1.807, 2.05) is 39.8 Å². The summed E-state index contributed by atoms with van der Waals surface area (Å²) in [6.07, 6.45) is 0.352. The van der Waals surface area contributed by atoms with E-state index in [-0.39, 0.29) is 36.2 Å². The molecule has 2 saturated heterocycles. The lowest BCUT2D eigenvalue weighted by molar-refractivity contribution is -0.209. The molecule has 2 N–H and O–H groups in total. The molecule has 2 aliphatic heterocycles. The van der Waals surface area contributed by atoms with Crippen LogP contribution in [0.1, 0.15) is 60.7 Å². The molecule has 1 aliphatic carbocycles. The Morgan fingerprint density at radius 3 is 2.64 bits per heavy atom. The highest BCUT2D eigenvalue weighted by molar-refractivity contribution is 7.16. The van der Waals surface area contributed by atoms with Crippen molar-refractivity contribution in [3.05, 3.63) is 46.9 Å². The molecule has 0 radical (unpaired) electrons. The first-order valence-corrected chi connectivity index (χ1v) is 15.5. The minimum Gasteiger partial charge on any atom is -0.444 e.